The van der Waals surface area contributed by atoms with Crippen LogP contribution in [0.5, 0.6) is 0 Å². The van der Waals surface area contributed by atoms with Gasteiger partial charge in [-0.3, -0.25) is 14.7 Å². The third kappa shape index (κ3) is 2.74. The van der Waals surface area contributed by atoms with Crippen molar-refractivity contribution in [2.45, 2.75) is 30.8 Å². The zero-order chi connectivity index (χ0) is 18.5. The van der Waals surface area contributed by atoms with Crippen LogP contribution in [0.25, 0.3) is 0 Å². The first-order valence-corrected chi connectivity index (χ1v) is 9.54. The van der Waals surface area contributed by atoms with E-state index in [0.29, 0.717) is 23.7 Å². The number of amides is 1. The van der Waals surface area contributed by atoms with Gasteiger partial charge in [0.05, 0.1) is 6.04 Å². The Morgan fingerprint density at radius 1 is 1.04 bits per heavy atom. The Morgan fingerprint density at radius 2 is 1.78 bits per heavy atom. The number of benzene rings is 1. The van der Waals surface area contributed by atoms with Crippen molar-refractivity contribution < 1.29 is 13.6 Å². The van der Waals surface area contributed by atoms with E-state index in [1.807, 2.05) is 11.0 Å². The summed E-state index contributed by atoms with van der Waals surface area (Å²) in [4.78, 5) is 21.7. The number of likely N-dealkylation sites (tertiary alicyclic amines) is 1. The fourth-order valence-corrected chi connectivity index (χ4v) is 5.37. The molecule has 2 bridgehead atoms. The molecule has 1 aromatic heterocycles. The maximum absolute atomic E-state index is 13.9. The van der Waals surface area contributed by atoms with Crippen molar-refractivity contribution in [1.29, 1.82) is 0 Å². The van der Waals surface area contributed by atoms with Gasteiger partial charge >= 0.3 is 0 Å². The predicted molar refractivity (Wildman–Crippen MR) is 96.2 cm³/mol. The SMILES string of the molecule is O=C(c1ccccn1)N1C[C@H](c2cc(F)cc(F)c2)[C@H]2[C@@H]1C1CCN2CC1. The van der Waals surface area contributed by atoms with Gasteiger partial charge in [0.2, 0.25) is 0 Å². The lowest BCUT2D eigenvalue weighted by Crippen LogP contribution is -2.60. The molecule has 27 heavy (non-hydrogen) atoms. The molecule has 140 valence electrons. The number of fused-ring (bicyclic) bond motifs is 2. The van der Waals surface area contributed by atoms with Crippen molar-refractivity contribution in [3.63, 3.8) is 0 Å². The van der Waals surface area contributed by atoms with E-state index in [-0.39, 0.29) is 23.9 Å². The number of rotatable bonds is 2. The highest BCUT2D eigenvalue weighted by molar-refractivity contribution is 5.93. The zero-order valence-corrected chi connectivity index (χ0v) is 14.9. The van der Waals surface area contributed by atoms with Crippen LogP contribution in [0.15, 0.2) is 42.6 Å². The van der Waals surface area contributed by atoms with Gasteiger partial charge in [0.15, 0.2) is 0 Å². The molecular weight excluding hydrogens is 348 g/mol. The molecule has 4 aliphatic heterocycles. The van der Waals surface area contributed by atoms with Gasteiger partial charge in [-0.1, -0.05) is 6.07 Å². The smallest absolute Gasteiger partial charge is 0.272 e. The van der Waals surface area contributed by atoms with E-state index in [9.17, 15) is 13.6 Å². The predicted octanol–water partition coefficient (Wildman–Crippen LogP) is 3.06. The molecule has 0 saturated carbocycles. The monoisotopic (exact) mass is 369 g/mol. The third-order valence-corrected chi connectivity index (χ3v) is 6.45. The van der Waals surface area contributed by atoms with Crippen LogP contribution in [0.4, 0.5) is 8.78 Å². The van der Waals surface area contributed by atoms with E-state index in [1.54, 1.807) is 18.3 Å². The lowest BCUT2D eigenvalue weighted by Gasteiger charge is -2.51. The summed E-state index contributed by atoms with van der Waals surface area (Å²) in [5.41, 5.74) is 1.07. The summed E-state index contributed by atoms with van der Waals surface area (Å²) in [6, 6.07) is 9.27. The van der Waals surface area contributed by atoms with Crippen molar-refractivity contribution in [2.75, 3.05) is 19.6 Å². The first-order chi connectivity index (χ1) is 13.1. The van der Waals surface area contributed by atoms with Gasteiger partial charge in [-0.2, -0.15) is 0 Å². The molecule has 0 aliphatic carbocycles. The third-order valence-electron chi connectivity index (χ3n) is 6.45. The molecule has 3 atom stereocenters. The number of piperidine rings is 3. The fraction of sp³-hybridized carbons (Fsp3) is 0.429. The number of halogens is 2. The summed E-state index contributed by atoms with van der Waals surface area (Å²) in [6.45, 7) is 2.46. The summed E-state index contributed by atoms with van der Waals surface area (Å²) in [5.74, 6) is -0.857. The quantitative estimate of drug-likeness (QED) is 0.816. The fourth-order valence-electron chi connectivity index (χ4n) is 5.37. The van der Waals surface area contributed by atoms with Gasteiger partial charge in [-0.25, -0.2) is 8.78 Å². The number of nitrogens with zero attached hydrogens (tertiary/aromatic N) is 3. The van der Waals surface area contributed by atoms with Crippen LogP contribution in [0, 0.1) is 17.6 Å². The maximum Gasteiger partial charge on any atom is 0.272 e. The van der Waals surface area contributed by atoms with Crippen molar-refractivity contribution in [3.8, 4) is 0 Å². The van der Waals surface area contributed by atoms with E-state index < -0.39 is 11.6 Å². The van der Waals surface area contributed by atoms with Crippen LogP contribution in [-0.2, 0) is 0 Å². The van der Waals surface area contributed by atoms with Gasteiger partial charge in [-0.05, 0) is 61.7 Å². The van der Waals surface area contributed by atoms with Gasteiger partial charge in [0.1, 0.15) is 17.3 Å². The van der Waals surface area contributed by atoms with Crippen molar-refractivity contribution in [3.05, 3.63) is 65.5 Å². The molecule has 1 aromatic carbocycles. The highest BCUT2D eigenvalue weighted by Gasteiger charge is 2.54. The van der Waals surface area contributed by atoms with Crippen LogP contribution in [0.3, 0.4) is 0 Å². The van der Waals surface area contributed by atoms with Gasteiger partial charge in [-0.15, -0.1) is 0 Å². The topological polar surface area (TPSA) is 36.4 Å². The molecule has 0 spiro atoms. The van der Waals surface area contributed by atoms with Crippen molar-refractivity contribution in [1.82, 2.24) is 14.8 Å². The molecule has 6 rings (SSSR count). The second-order valence-corrected chi connectivity index (χ2v) is 7.84. The Labute approximate surface area is 156 Å². The van der Waals surface area contributed by atoms with Gasteiger partial charge in [0.25, 0.3) is 5.91 Å². The zero-order valence-electron chi connectivity index (χ0n) is 14.9. The lowest BCUT2D eigenvalue weighted by atomic mass is 9.75. The molecule has 2 aromatic rings. The minimum Gasteiger partial charge on any atom is -0.332 e. The van der Waals surface area contributed by atoms with Gasteiger partial charge in [0, 0.05) is 30.8 Å². The maximum atomic E-state index is 13.9. The molecule has 0 radical (unpaired) electrons. The number of aromatic nitrogens is 1. The summed E-state index contributed by atoms with van der Waals surface area (Å²) >= 11 is 0. The first-order valence-electron chi connectivity index (χ1n) is 9.54. The molecule has 5 heterocycles. The van der Waals surface area contributed by atoms with Crippen molar-refractivity contribution in [2.24, 2.45) is 5.92 Å². The van der Waals surface area contributed by atoms with Crippen LogP contribution in [0.1, 0.15) is 34.8 Å². The minimum absolute atomic E-state index is 0.0818. The molecule has 4 fully saturated rings. The Bertz CT molecular complexity index is 847. The largest absolute Gasteiger partial charge is 0.332 e. The van der Waals surface area contributed by atoms with E-state index in [4.69, 9.17) is 0 Å². The summed E-state index contributed by atoms with van der Waals surface area (Å²) in [5, 5.41) is 0. The summed E-state index contributed by atoms with van der Waals surface area (Å²) in [7, 11) is 0. The molecule has 4 nitrogen and oxygen atoms in total. The van der Waals surface area contributed by atoms with Gasteiger partial charge < -0.3 is 4.90 Å². The first kappa shape index (κ1) is 16.8. The van der Waals surface area contributed by atoms with E-state index in [2.05, 4.69) is 9.88 Å². The van der Waals surface area contributed by atoms with Crippen LogP contribution < -0.4 is 0 Å². The summed E-state index contributed by atoms with van der Waals surface area (Å²) in [6.07, 6.45) is 3.76. The Kier molecular flexibility index (Phi) is 3.97. The van der Waals surface area contributed by atoms with E-state index >= 15 is 0 Å². The Balaban J connectivity index is 1.55. The Morgan fingerprint density at radius 3 is 2.44 bits per heavy atom. The molecule has 0 unspecified atom stereocenters. The molecular formula is C21H21F2N3O. The molecule has 0 N–H and O–H groups in total. The highest BCUT2D eigenvalue weighted by atomic mass is 19.1. The number of hydrogen-bond acceptors (Lipinski definition) is 3. The molecule has 6 heteroatoms. The average molecular weight is 369 g/mol. The summed E-state index contributed by atoms with van der Waals surface area (Å²) < 4.78 is 27.7. The van der Waals surface area contributed by atoms with E-state index in [1.165, 1.54) is 12.1 Å². The number of hydrogen-bond donors (Lipinski definition) is 0. The number of carbonyl (C=O) groups is 1. The molecule has 1 amide bonds. The second kappa shape index (κ2) is 6.37. The average Bonchev–Trinajstić information content (AvgIpc) is 3.11. The normalized spacial score (nSPS) is 31.8. The second-order valence-electron chi connectivity index (χ2n) is 7.84. The number of carbonyl (C=O) groups excluding carboxylic acids is 1. The standard InChI is InChI=1S/C21H21F2N3O/c22-15-9-14(10-16(23)11-15)17-12-26(21(27)18-3-1-2-6-24-18)19-13-4-7-25(8-5-13)20(17)19/h1-3,6,9-11,13,17,19-20H,4-5,7-8,12H2/t17-,19+,20+/m1/s1. The lowest BCUT2D eigenvalue weighted by molar-refractivity contribution is -0.00361. The molecule has 4 aliphatic rings. The van der Waals surface area contributed by atoms with Crippen LogP contribution >= 0.6 is 0 Å². The highest BCUT2D eigenvalue weighted by Crippen LogP contribution is 2.47. The van der Waals surface area contributed by atoms with E-state index in [0.717, 1.165) is 32.0 Å². The van der Waals surface area contributed by atoms with Crippen LogP contribution in [0.2, 0.25) is 0 Å². The number of pyridine rings is 1. The van der Waals surface area contributed by atoms with Crippen LogP contribution in [-0.4, -0.2) is 52.4 Å². The molecule has 4 saturated heterocycles. The minimum atomic E-state index is -0.563. The van der Waals surface area contributed by atoms with Crippen molar-refractivity contribution >= 4 is 5.91 Å². The Hall–Kier alpha value is -2.34.